The maximum atomic E-state index is 12.1. The van der Waals surface area contributed by atoms with E-state index in [-0.39, 0.29) is 10.7 Å². The minimum Gasteiger partial charge on any atom is -0.297 e. The fourth-order valence-corrected chi connectivity index (χ4v) is 2.79. The highest BCUT2D eigenvalue weighted by Crippen LogP contribution is 2.09. The smallest absolute Gasteiger partial charge is 0.297 e. The first-order chi connectivity index (χ1) is 10.1. The molecular weight excluding hydrogens is 288 g/mol. The number of rotatable bonds is 10. The minimum atomic E-state index is -0.398. The molecule has 0 aromatic carbocycles. The molecule has 1 aromatic heterocycles. The highest BCUT2D eigenvalue weighted by Gasteiger charge is 2.10. The summed E-state index contributed by atoms with van der Waals surface area (Å²) in [5.74, 6) is 0. The third-order valence-corrected chi connectivity index (χ3v) is 4.14. The molecule has 0 bridgehead atoms. The molecule has 0 spiro atoms. The van der Waals surface area contributed by atoms with Crippen molar-refractivity contribution in [2.24, 2.45) is 0 Å². The average Bonchev–Trinajstić information content (AvgIpc) is 2.45. The summed E-state index contributed by atoms with van der Waals surface area (Å²) in [7, 11) is 0. The van der Waals surface area contributed by atoms with Gasteiger partial charge in [-0.1, -0.05) is 70.4 Å². The van der Waals surface area contributed by atoms with Gasteiger partial charge >= 0.3 is 5.69 Å². The molecule has 1 heterocycles. The van der Waals surface area contributed by atoms with Crippen LogP contribution in [0, 0.1) is 0 Å². The Labute approximate surface area is 131 Å². The van der Waals surface area contributed by atoms with E-state index in [9.17, 15) is 9.59 Å². The van der Waals surface area contributed by atoms with Crippen molar-refractivity contribution in [3.8, 4) is 0 Å². The van der Waals surface area contributed by atoms with E-state index in [0.717, 1.165) is 12.8 Å². The van der Waals surface area contributed by atoms with Gasteiger partial charge in [-0.3, -0.25) is 14.3 Å². The number of nitrogens with one attached hydrogen (secondary N) is 1. The zero-order valence-electron chi connectivity index (χ0n) is 13.2. The molecule has 120 valence electrons. The van der Waals surface area contributed by atoms with E-state index >= 15 is 0 Å². The Morgan fingerprint density at radius 2 is 1.52 bits per heavy atom. The van der Waals surface area contributed by atoms with Crippen molar-refractivity contribution in [2.75, 3.05) is 0 Å². The number of unbranched alkanes of at least 4 members (excludes halogenated alkanes) is 7. The zero-order chi connectivity index (χ0) is 15.7. The standard InChI is InChI=1S/C16H27ClN2O2/c1-3-5-6-7-8-9-10-11-12-19-15(20)13(4-2)14(17)18-16(19)21/h3-12H2,1-2H3,(H,18,21). The van der Waals surface area contributed by atoms with Crippen LogP contribution in [0.1, 0.15) is 70.8 Å². The van der Waals surface area contributed by atoms with Gasteiger partial charge < -0.3 is 0 Å². The molecule has 0 saturated carbocycles. The van der Waals surface area contributed by atoms with Crippen molar-refractivity contribution >= 4 is 11.6 Å². The van der Waals surface area contributed by atoms with Crippen LogP contribution in [0.3, 0.4) is 0 Å². The maximum Gasteiger partial charge on any atom is 0.329 e. The largest absolute Gasteiger partial charge is 0.329 e. The molecule has 5 heteroatoms. The summed E-state index contributed by atoms with van der Waals surface area (Å²) in [6.07, 6.45) is 10.0. The molecular formula is C16H27ClN2O2. The predicted molar refractivity (Wildman–Crippen MR) is 88.3 cm³/mol. The topological polar surface area (TPSA) is 54.9 Å². The fourth-order valence-electron chi connectivity index (χ4n) is 2.50. The average molecular weight is 315 g/mol. The molecule has 0 saturated heterocycles. The number of hydrogen-bond donors (Lipinski definition) is 1. The molecule has 0 unspecified atom stereocenters. The normalized spacial score (nSPS) is 11.0. The SMILES string of the molecule is CCCCCCCCCCn1c(=O)[nH]c(Cl)c(CC)c1=O. The van der Waals surface area contributed by atoms with E-state index in [0.29, 0.717) is 18.5 Å². The van der Waals surface area contributed by atoms with E-state index in [1.165, 1.54) is 43.1 Å². The van der Waals surface area contributed by atoms with Crippen LogP contribution in [0.2, 0.25) is 5.15 Å². The van der Waals surface area contributed by atoms with Crippen LogP contribution in [0.25, 0.3) is 0 Å². The van der Waals surface area contributed by atoms with E-state index in [1.54, 1.807) is 0 Å². The summed E-state index contributed by atoms with van der Waals surface area (Å²) in [5.41, 5.74) is -0.143. The molecule has 0 aliphatic carbocycles. The lowest BCUT2D eigenvalue weighted by Gasteiger charge is -2.08. The Morgan fingerprint density at radius 3 is 2.10 bits per heavy atom. The van der Waals surface area contributed by atoms with Gasteiger partial charge in [-0.05, 0) is 12.8 Å². The summed E-state index contributed by atoms with van der Waals surface area (Å²) in [5, 5.41) is 0.180. The monoisotopic (exact) mass is 314 g/mol. The predicted octanol–water partition coefficient (Wildman–Crippen LogP) is 3.89. The Balaban J connectivity index is 2.43. The molecule has 4 nitrogen and oxygen atoms in total. The van der Waals surface area contributed by atoms with Crippen LogP contribution in [-0.4, -0.2) is 9.55 Å². The molecule has 0 aliphatic rings. The van der Waals surface area contributed by atoms with Crippen LogP contribution in [0.5, 0.6) is 0 Å². The van der Waals surface area contributed by atoms with Gasteiger partial charge in [0.15, 0.2) is 0 Å². The molecule has 0 aliphatic heterocycles. The van der Waals surface area contributed by atoms with Crippen molar-refractivity contribution in [3.63, 3.8) is 0 Å². The summed E-state index contributed by atoms with van der Waals surface area (Å²) in [6, 6.07) is 0. The van der Waals surface area contributed by atoms with E-state index in [1.807, 2.05) is 6.92 Å². The minimum absolute atomic E-state index is 0.180. The number of H-pyrrole nitrogens is 1. The molecule has 0 amide bonds. The summed E-state index contributed by atoms with van der Waals surface area (Å²) in [4.78, 5) is 26.5. The summed E-state index contributed by atoms with van der Waals surface area (Å²) < 4.78 is 1.28. The number of aromatic amines is 1. The van der Waals surface area contributed by atoms with Gasteiger partial charge in [0.1, 0.15) is 5.15 Å². The van der Waals surface area contributed by atoms with Crippen LogP contribution in [0.4, 0.5) is 0 Å². The Morgan fingerprint density at radius 1 is 0.952 bits per heavy atom. The van der Waals surface area contributed by atoms with Crippen molar-refractivity contribution in [3.05, 3.63) is 31.6 Å². The van der Waals surface area contributed by atoms with Crippen molar-refractivity contribution in [2.45, 2.75) is 78.2 Å². The lowest BCUT2D eigenvalue weighted by Crippen LogP contribution is -2.37. The molecule has 1 rings (SSSR count). The number of nitrogens with zero attached hydrogens (tertiary/aromatic N) is 1. The molecule has 21 heavy (non-hydrogen) atoms. The first-order valence-electron chi connectivity index (χ1n) is 8.13. The van der Waals surface area contributed by atoms with Gasteiger partial charge in [0.25, 0.3) is 5.56 Å². The first-order valence-corrected chi connectivity index (χ1v) is 8.51. The quantitative estimate of drug-likeness (QED) is 0.526. The van der Waals surface area contributed by atoms with Crippen molar-refractivity contribution < 1.29 is 0 Å². The Hall–Kier alpha value is -1.03. The van der Waals surface area contributed by atoms with Gasteiger partial charge in [-0.2, -0.15) is 0 Å². The lowest BCUT2D eigenvalue weighted by molar-refractivity contribution is 0.524. The number of hydrogen-bond acceptors (Lipinski definition) is 2. The third kappa shape index (κ3) is 5.70. The van der Waals surface area contributed by atoms with E-state index in [4.69, 9.17) is 11.6 Å². The molecule has 1 aromatic rings. The Kier molecular flexibility index (Phi) is 8.43. The second-order valence-corrected chi connectivity index (χ2v) is 5.89. The molecule has 0 atom stereocenters. The first kappa shape index (κ1) is 18.0. The van der Waals surface area contributed by atoms with Gasteiger partial charge in [-0.15, -0.1) is 0 Å². The van der Waals surface area contributed by atoms with E-state index < -0.39 is 5.69 Å². The molecule has 0 fully saturated rings. The fraction of sp³-hybridized carbons (Fsp3) is 0.750. The van der Waals surface area contributed by atoms with Crippen LogP contribution >= 0.6 is 11.6 Å². The van der Waals surface area contributed by atoms with E-state index in [2.05, 4.69) is 11.9 Å². The van der Waals surface area contributed by atoms with Gasteiger partial charge in [0.2, 0.25) is 0 Å². The molecule has 0 radical (unpaired) electrons. The zero-order valence-corrected chi connectivity index (χ0v) is 14.0. The highest BCUT2D eigenvalue weighted by atomic mass is 35.5. The van der Waals surface area contributed by atoms with Crippen molar-refractivity contribution in [1.29, 1.82) is 0 Å². The van der Waals surface area contributed by atoms with Crippen LogP contribution < -0.4 is 11.2 Å². The number of aromatic nitrogens is 2. The Bertz CT molecular complexity index is 534. The highest BCUT2D eigenvalue weighted by molar-refractivity contribution is 6.30. The third-order valence-electron chi connectivity index (χ3n) is 3.82. The van der Waals surface area contributed by atoms with Gasteiger partial charge in [-0.25, -0.2) is 4.79 Å². The number of halogens is 1. The van der Waals surface area contributed by atoms with Crippen LogP contribution in [0.15, 0.2) is 9.59 Å². The maximum absolute atomic E-state index is 12.1. The lowest BCUT2D eigenvalue weighted by atomic mass is 10.1. The van der Waals surface area contributed by atoms with Crippen molar-refractivity contribution in [1.82, 2.24) is 9.55 Å². The van der Waals surface area contributed by atoms with Gasteiger partial charge in [0, 0.05) is 6.54 Å². The van der Waals surface area contributed by atoms with Gasteiger partial charge in [0.05, 0.1) is 5.56 Å². The second-order valence-electron chi connectivity index (χ2n) is 5.51. The second kappa shape index (κ2) is 9.82. The summed E-state index contributed by atoms with van der Waals surface area (Å²) >= 11 is 5.88. The molecule has 1 N–H and O–H groups in total. The van der Waals surface area contributed by atoms with Crippen LogP contribution in [-0.2, 0) is 13.0 Å². The summed E-state index contributed by atoms with van der Waals surface area (Å²) in [6.45, 7) is 4.56.